The number of carboxylic acid groups (broad SMARTS) is 1. The normalized spacial score (nSPS) is 15.6. The number of carbonyl (C=O) groups excluding carboxylic acids is 1. The zero-order valence-corrected chi connectivity index (χ0v) is 16.5. The molecule has 152 valence electrons. The third-order valence-corrected chi connectivity index (χ3v) is 4.49. The van der Waals surface area contributed by atoms with E-state index in [1.165, 1.54) is 0 Å². The second-order valence-corrected chi connectivity index (χ2v) is 7.02. The van der Waals surface area contributed by atoms with Crippen molar-refractivity contribution in [3.63, 3.8) is 0 Å². The smallest absolute Gasteiger partial charge is 0.307 e. The van der Waals surface area contributed by atoms with Gasteiger partial charge in [-0.25, -0.2) is 0 Å². The summed E-state index contributed by atoms with van der Waals surface area (Å²) in [4.78, 5) is 23.2. The van der Waals surface area contributed by atoms with Crippen molar-refractivity contribution in [3.8, 4) is 0 Å². The zero-order valence-electron chi connectivity index (χ0n) is 16.5. The minimum atomic E-state index is -1.03. The van der Waals surface area contributed by atoms with Crippen LogP contribution in [0.5, 0.6) is 0 Å². The van der Waals surface area contributed by atoms with Gasteiger partial charge in [-0.3, -0.25) is 9.59 Å². The molecule has 1 aromatic rings. The van der Waals surface area contributed by atoms with E-state index in [9.17, 15) is 14.7 Å². The first-order valence-electron chi connectivity index (χ1n) is 9.56. The van der Waals surface area contributed by atoms with Crippen LogP contribution in [-0.2, 0) is 25.5 Å². The number of esters is 1. The molecular formula is C21H32O6. The molecule has 0 radical (unpaired) electrons. The largest absolute Gasteiger partial charge is 0.481 e. The molecule has 0 saturated carbocycles. The minimum absolute atomic E-state index is 0.135. The van der Waals surface area contributed by atoms with E-state index in [4.69, 9.17) is 14.6 Å². The Morgan fingerprint density at radius 2 is 1.81 bits per heavy atom. The van der Waals surface area contributed by atoms with Gasteiger partial charge in [0, 0.05) is 6.42 Å². The Morgan fingerprint density at radius 1 is 1.15 bits per heavy atom. The molecule has 2 N–H and O–H groups in total. The highest BCUT2D eigenvalue weighted by molar-refractivity contribution is 5.76. The van der Waals surface area contributed by atoms with E-state index >= 15 is 0 Å². The fourth-order valence-electron chi connectivity index (χ4n) is 2.95. The summed E-state index contributed by atoms with van der Waals surface area (Å²) in [7, 11) is 0. The summed E-state index contributed by atoms with van der Waals surface area (Å²) in [6, 6.07) is 9.70. The van der Waals surface area contributed by atoms with Gasteiger partial charge in [-0.05, 0) is 32.3 Å². The van der Waals surface area contributed by atoms with Crippen molar-refractivity contribution in [1.29, 1.82) is 0 Å². The number of hydrogen-bond acceptors (Lipinski definition) is 5. The molecule has 0 spiro atoms. The minimum Gasteiger partial charge on any atom is -0.481 e. The molecule has 0 bridgehead atoms. The van der Waals surface area contributed by atoms with Crippen molar-refractivity contribution in [2.24, 2.45) is 0 Å². The molecular weight excluding hydrogens is 348 g/mol. The SMILES string of the molecule is CCCCC(Cc1ccccc1)(OC(=O)CCC(=O)O)C(C)OCC(C)O. The highest BCUT2D eigenvalue weighted by Crippen LogP contribution is 2.31. The van der Waals surface area contributed by atoms with Gasteiger partial charge in [0.2, 0.25) is 0 Å². The van der Waals surface area contributed by atoms with Crippen molar-refractivity contribution in [2.45, 2.75) is 77.1 Å². The maximum atomic E-state index is 12.4. The summed E-state index contributed by atoms with van der Waals surface area (Å²) < 4.78 is 11.7. The molecule has 0 aliphatic carbocycles. The number of carbonyl (C=O) groups is 2. The lowest BCUT2D eigenvalue weighted by Gasteiger charge is -2.39. The van der Waals surface area contributed by atoms with Crippen LogP contribution in [0.1, 0.15) is 58.4 Å². The Labute approximate surface area is 161 Å². The van der Waals surface area contributed by atoms with Gasteiger partial charge in [0.05, 0.1) is 31.7 Å². The highest BCUT2D eigenvalue weighted by atomic mass is 16.6. The Bertz CT molecular complexity index is 571. The second kappa shape index (κ2) is 11.7. The molecule has 3 atom stereocenters. The molecule has 0 fully saturated rings. The van der Waals surface area contributed by atoms with E-state index < -0.39 is 29.7 Å². The second-order valence-electron chi connectivity index (χ2n) is 7.02. The summed E-state index contributed by atoms with van der Waals surface area (Å²) in [6.07, 6.45) is 1.29. The Morgan fingerprint density at radius 3 is 2.37 bits per heavy atom. The summed E-state index contributed by atoms with van der Waals surface area (Å²) in [5.74, 6) is -1.58. The molecule has 0 amide bonds. The summed E-state index contributed by atoms with van der Waals surface area (Å²) in [6.45, 7) is 5.67. The lowest BCUT2D eigenvalue weighted by molar-refractivity contribution is -0.182. The number of benzene rings is 1. The molecule has 1 aromatic carbocycles. The maximum absolute atomic E-state index is 12.4. The Balaban J connectivity index is 3.08. The third kappa shape index (κ3) is 8.54. The van der Waals surface area contributed by atoms with E-state index in [0.29, 0.717) is 12.8 Å². The molecule has 0 aromatic heterocycles. The highest BCUT2D eigenvalue weighted by Gasteiger charge is 2.41. The molecule has 3 unspecified atom stereocenters. The fourth-order valence-corrected chi connectivity index (χ4v) is 2.95. The predicted molar refractivity (Wildman–Crippen MR) is 102 cm³/mol. The van der Waals surface area contributed by atoms with Gasteiger partial charge in [0.25, 0.3) is 0 Å². The van der Waals surface area contributed by atoms with Gasteiger partial charge >= 0.3 is 11.9 Å². The van der Waals surface area contributed by atoms with Crippen molar-refractivity contribution < 1.29 is 29.3 Å². The number of rotatable bonds is 13. The average molecular weight is 380 g/mol. The number of unbranched alkanes of at least 4 members (excludes halogenated alkanes) is 1. The summed E-state index contributed by atoms with van der Waals surface area (Å²) in [5.41, 5.74) is 0.0918. The lowest BCUT2D eigenvalue weighted by Crippen LogP contribution is -2.49. The van der Waals surface area contributed by atoms with Crippen LogP contribution in [0.2, 0.25) is 0 Å². The van der Waals surface area contributed by atoms with Crippen molar-refractivity contribution in [2.75, 3.05) is 6.61 Å². The Kier molecular flexibility index (Phi) is 10.0. The summed E-state index contributed by atoms with van der Waals surface area (Å²) >= 11 is 0. The molecule has 6 nitrogen and oxygen atoms in total. The van der Waals surface area contributed by atoms with E-state index in [1.807, 2.05) is 37.3 Å². The number of aliphatic hydroxyl groups excluding tert-OH is 1. The van der Waals surface area contributed by atoms with Crippen LogP contribution < -0.4 is 0 Å². The standard InChI is InChI=1S/C21H32O6/c1-4-5-13-21(17(3)26-15-16(2)22,14-18-9-7-6-8-10-18)27-20(25)12-11-19(23)24/h6-10,16-17,22H,4-5,11-15H2,1-3H3,(H,23,24). The van der Waals surface area contributed by atoms with E-state index in [0.717, 1.165) is 18.4 Å². The lowest BCUT2D eigenvalue weighted by atomic mass is 9.84. The van der Waals surface area contributed by atoms with Crippen LogP contribution >= 0.6 is 0 Å². The average Bonchev–Trinajstić information content (AvgIpc) is 2.63. The topological polar surface area (TPSA) is 93.1 Å². The Hall–Kier alpha value is -1.92. The van der Waals surface area contributed by atoms with Crippen molar-refractivity contribution in [1.82, 2.24) is 0 Å². The van der Waals surface area contributed by atoms with Gasteiger partial charge in [0.15, 0.2) is 0 Å². The fraction of sp³-hybridized carbons (Fsp3) is 0.619. The number of carboxylic acids is 1. The number of hydrogen-bond donors (Lipinski definition) is 2. The monoisotopic (exact) mass is 380 g/mol. The summed E-state index contributed by atoms with van der Waals surface area (Å²) in [5, 5.41) is 18.4. The molecule has 0 saturated heterocycles. The van der Waals surface area contributed by atoms with Crippen molar-refractivity contribution in [3.05, 3.63) is 35.9 Å². The first-order valence-corrected chi connectivity index (χ1v) is 9.56. The van der Waals surface area contributed by atoms with Gasteiger partial charge < -0.3 is 19.7 Å². The predicted octanol–water partition coefficient (Wildman–Crippen LogP) is 3.35. The van der Waals surface area contributed by atoms with E-state index in [2.05, 4.69) is 6.92 Å². The van der Waals surface area contributed by atoms with Crippen LogP contribution in [0.4, 0.5) is 0 Å². The molecule has 6 heteroatoms. The molecule has 0 heterocycles. The van der Waals surface area contributed by atoms with Gasteiger partial charge in [-0.2, -0.15) is 0 Å². The maximum Gasteiger partial charge on any atom is 0.307 e. The molecule has 27 heavy (non-hydrogen) atoms. The van der Waals surface area contributed by atoms with Crippen LogP contribution in [0.25, 0.3) is 0 Å². The quantitative estimate of drug-likeness (QED) is 0.510. The molecule has 1 rings (SSSR count). The third-order valence-electron chi connectivity index (χ3n) is 4.49. The first kappa shape index (κ1) is 23.1. The van der Waals surface area contributed by atoms with Gasteiger partial charge in [-0.1, -0.05) is 43.7 Å². The van der Waals surface area contributed by atoms with E-state index in [1.54, 1.807) is 6.92 Å². The van der Waals surface area contributed by atoms with Crippen LogP contribution in [-0.4, -0.2) is 46.6 Å². The number of ether oxygens (including phenoxy) is 2. The van der Waals surface area contributed by atoms with Crippen LogP contribution in [0.15, 0.2) is 30.3 Å². The number of aliphatic carboxylic acids is 1. The van der Waals surface area contributed by atoms with Crippen molar-refractivity contribution >= 4 is 11.9 Å². The van der Waals surface area contributed by atoms with E-state index in [-0.39, 0.29) is 19.4 Å². The van der Waals surface area contributed by atoms with Gasteiger partial charge in [-0.15, -0.1) is 0 Å². The zero-order chi connectivity index (χ0) is 20.3. The molecule has 0 aliphatic rings. The molecule has 0 aliphatic heterocycles. The number of aliphatic hydroxyl groups is 1. The first-order chi connectivity index (χ1) is 12.8. The van der Waals surface area contributed by atoms with Crippen LogP contribution in [0.3, 0.4) is 0 Å². The van der Waals surface area contributed by atoms with Crippen LogP contribution in [0, 0.1) is 0 Å². The van der Waals surface area contributed by atoms with Gasteiger partial charge in [0.1, 0.15) is 5.60 Å².